The summed E-state index contributed by atoms with van der Waals surface area (Å²) in [6.07, 6.45) is 4.12. The van der Waals surface area contributed by atoms with Crippen molar-refractivity contribution in [1.82, 2.24) is 4.90 Å². The molecule has 0 spiro atoms. The van der Waals surface area contributed by atoms with Crippen molar-refractivity contribution < 1.29 is 0 Å². The topological polar surface area (TPSA) is 15.3 Å². The van der Waals surface area contributed by atoms with E-state index >= 15 is 0 Å². The van der Waals surface area contributed by atoms with Crippen LogP contribution in [0.3, 0.4) is 0 Å². The molecule has 0 saturated carbocycles. The fourth-order valence-electron chi connectivity index (χ4n) is 2.10. The van der Waals surface area contributed by atoms with E-state index < -0.39 is 0 Å². The SMILES string of the molecule is [CH2]Nc1ccc(CN2CCCCC2)cc1. The van der Waals surface area contributed by atoms with Gasteiger partial charge in [-0.05, 0) is 43.6 Å². The predicted octanol–water partition coefficient (Wildman–Crippen LogP) is 2.88. The molecular formula is C13H19N2. The summed E-state index contributed by atoms with van der Waals surface area (Å²) >= 11 is 0. The van der Waals surface area contributed by atoms with E-state index in [0.717, 1.165) is 12.2 Å². The van der Waals surface area contributed by atoms with Crippen molar-refractivity contribution in [1.29, 1.82) is 0 Å². The Morgan fingerprint density at radius 2 is 1.73 bits per heavy atom. The minimum atomic E-state index is 1.08. The Labute approximate surface area is 92.3 Å². The minimum absolute atomic E-state index is 1.08. The number of nitrogens with one attached hydrogen (secondary N) is 1. The Morgan fingerprint density at radius 3 is 2.33 bits per heavy atom. The summed E-state index contributed by atoms with van der Waals surface area (Å²) in [5.74, 6) is 0. The lowest BCUT2D eigenvalue weighted by molar-refractivity contribution is 0.221. The third-order valence-corrected chi connectivity index (χ3v) is 3.01. The van der Waals surface area contributed by atoms with Gasteiger partial charge < -0.3 is 5.32 Å². The predicted molar refractivity (Wildman–Crippen MR) is 64.5 cm³/mol. The van der Waals surface area contributed by atoms with E-state index in [0.29, 0.717) is 0 Å². The molecule has 2 rings (SSSR count). The van der Waals surface area contributed by atoms with Crippen LogP contribution in [-0.4, -0.2) is 18.0 Å². The highest BCUT2D eigenvalue weighted by atomic mass is 15.1. The van der Waals surface area contributed by atoms with Crippen LogP contribution in [0.5, 0.6) is 0 Å². The summed E-state index contributed by atoms with van der Waals surface area (Å²) in [6, 6.07) is 8.54. The fourth-order valence-corrected chi connectivity index (χ4v) is 2.10. The molecule has 0 atom stereocenters. The van der Waals surface area contributed by atoms with E-state index in [-0.39, 0.29) is 0 Å². The van der Waals surface area contributed by atoms with Gasteiger partial charge in [0.15, 0.2) is 0 Å². The fraction of sp³-hybridized carbons (Fsp3) is 0.462. The summed E-state index contributed by atoms with van der Waals surface area (Å²) in [5, 5.41) is 2.89. The van der Waals surface area contributed by atoms with Gasteiger partial charge in [0, 0.05) is 19.3 Å². The van der Waals surface area contributed by atoms with Gasteiger partial charge >= 0.3 is 0 Å². The normalized spacial score (nSPS) is 17.7. The molecule has 1 aliphatic heterocycles. The van der Waals surface area contributed by atoms with Crippen LogP contribution in [0, 0.1) is 7.05 Å². The largest absolute Gasteiger partial charge is 0.383 e. The van der Waals surface area contributed by atoms with E-state index in [9.17, 15) is 0 Å². The molecule has 0 bridgehead atoms. The van der Waals surface area contributed by atoms with E-state index in [2.05, 4.69) is 41.5 Å². The van der Waals surface area contributed by atoms with Gasteiger partial charge in [0.2, 0.25) is 0 Å². The Morgan fingerprint density at radius 1 is 1.07 bits per heavy atom. The first-order valence-electron chi connectivity index (χ1n) is 5.73. The Kier molecular flexibility index (Phi) is 3.62. The second-order valence-corrected chi connectivity index (χ2v) is 4.21. The third kappa shape index (κ3) is 2.96. The molecule has 1 radical (unpaired) electrons. The molecule has 81 valence electrons. The highest BCUT2D eigenvalue weighted by Gasteiger charge is 2.09. The summed E-state index contributed by atoms with van der Waals surface area (Å²) in [6.45, 7) is 3.61. The number of benzene rings is 1. The van der Waals surface area contributed by atoms with Crippen LogP contribution in [0.2, 0.25) is 0 Å². The average Bonchev–Trinajstić information content (AvgIpc) is 2.31. The van der Waals surface area contributed by atoms with Crippen molar-refractivity contribution in [3.05, 3.63) is 36.9 Å². The maximum atomic E-state index is 3.64. The molecular weight excluding hydrogens is 184 g/mol. The van der Waals surface area contributed by atoms with Gasteiger partial charge in [-0.1, -0.05) is 18.6 Å². The molecule has 1 aromatic carbocycles. The first kappa shape index (κ1) is 10.5. The lowest BCUT2D eigenvalue weighted by Crippen LogP contribution is -2.28. The summed E-state index contributed by atoms with van der Waals surface area (Å²) in [7, 11) is 3.64. The summed E-state index contributed by atoms with van der Waals surface area (Å²) in [4.78, 5) is 2.54. The molecule has 2 nitrogen and oxygen atoms in total. The van der Waals surface area contributed by atoms with Crippen LogP contribution in [0.25, 0.3) is 0 Å². The van der Waals surface area contributed by atoms with Gasteiger partial charge in [-0.25, -0.2) is 0 Å². The van der Waals surface area contributed by atoms with Gasteiger partial charge in [-0.2, -0.15) is 0 Å². The van der Waals surface area contributed by atoms with E-state index in [1.165, 1.54) is 37.9 Å². The quantitative estimate of drug-likeness (QED) is 0.812. The van der Waals surface area contributed by atoms with Crippen LogP contribution in [0.4, 0.5) is 5.69 Å². The number of hydrogen-bond acceptors (Lipinski definition) is 2. The van der Waals surface area contributed by atoms with Crippen molar-refractivity contribution >= 4 is 5.69 Å². The zero-order valence-corrected chi connectivity index (χ0v) is 9.21. The van der Waals surface area contributed by atoms with Crippen molar-refractivity contribution in [3.8, 4) is 0 Å². The van der Waals surface area contributed by atoms with Crippen molar-refractivity contribution in [3.63, 3.8) is 0 Å². The maximum absolute atomic E-state index is 3.64. The van der Waals surface area contributed by atoms with Gasteiger partial charge in [0.05, 0.1) is 0 Å². The number of likely N-dealkylation sites (tertiary alicyclic amines) is 1. The van der Waals surface area contributed by atoms with E-state index in [4.69, 9.17) is 0 Å². The van der Waals surface area contributed by atoms with Crippen molar-refractivity contribution in [2.24, 2.45) is 0 Å². The number of nitrogens with zero attached hydrogens (tertiary/aromatic N) is 1. The molecule has 1 saturated heterocycles. The average molecular weight is 203 g/mol. The molecule has 0 amide bonds. The lowest BCUT2D eigenvalue weighted by atomic mass is 10.1. The summed E-state index contributed by atoms with van der Waals surface area (Å²) < 4.78 is 0. The number of anilines is 1. The Bertz CT molecular complexity index is 286. The first-order valence-corrected chi connectivity index (χ1v) is 5.73. The van der Waals surface area contributed by atoms with Gasteiger partial charge in [0.25, 0.3) is 0 Å². The highest BCUT2D eigenvalue weighted by molar-refractivity contribution is 5.44. The molecule has 1 heterocycles. The smallest absolute Gasteiger partial charge is 0.0340 e. The molecule has 1 aliphatic rings. The molecule has 1 aromatic rings. The molecule has 15 heavy (non-hydrogen) atoms. The zero-order valence-electron chi connectivity index (χ0n) is 9.21. The van der Waals surface area contributed by atoms with Crippen molar-refractivity contribution in [2.45, 2.75) is 25.8 Å². The Hall–Kier alpha value is -1.02. The second kappa shape index (κ2) is 5.17. The minimum Gasteiger partial charge on any atom is -0.383 e. The molecule has 0 aliphatic carbocycles. The third-order valence-electron chi connectivity index (χ3n) is 3.01. The maximum Gasteiger partial charge on any atom is 0.0340 e. The molecule has 1 fully saturated rings. The van der Waals surface area contributed by atoms with Crippen LogP contribution in [-0.2, 0) is 6.54 Å². The lowest BCUT2D eigenvalue weighted by Gasteiger charge is -2.26. The van der Waals surface area contributed by atoms with Crippen LogP contribution in [0.15, 0.2) is 24.3 Å². The molecule has 1 N–H and O–H groups in total. The van der Waals surface area contributed by atoms with Gasteiger partial charge in [-0.3, -0.25) is 4.90 Å². The first-order chi connectivity index (χ1) is 7.38. The molecule has 0 unspecified atom stereocenters. The van der Waals surface area contributed by atoms with Crippen LogP contribution >= 0.6 is 0 Å². The number of rotatable bonds is 3. The van der Waals surface area contributed by atoms with E-state index in [1.54, 1.807) is 0 Å². The highest BCUT2D eigenvalue weighted by Crippen LogP contribution is 2.14. The van der Waals surface area contributed by atoms with Gasteiger partial charge in [0.1, 0.15) is 0 Å². The van der Waals surface area contributed by atoms with Crippen molar-refractivity contribution in [2.75, 3.05) is 18.4 Å². The van der Waals surface area contributed by atoms with Crippen LogP contribution < -0.4 is 5.32 Å². The summed E-state index contributed by atoms with van der Waals surface area (Å²) in [5.41, 5.74) is 2.48. The standard InChI is InChI=1S/C13H19N2/c1-14-13-7-5-12(6-8-13)11-15-9-3-2-4-10-15/h5-8,14H,1-4,9-11H2. The van der Waals surface area contributed by atoms with Gasteiger partial charge in [-0.15, -0.1) is 0 Å². The monoisotopic (exact) mass is 203 g/mol. The zero-order chi connectivity index (χ0) is 10.5. The molecule has 2 heteroatoms. The van der Waals surface area contributed by atoms with Crippen LogP contribution in [0.1, 0.15) is 24.8 Å². The number of piperidine rings is 1. The number of hydrogen-bond donors (Lipinski definition) is 1. The second-order valence-electron chi connectivity index (χ2n) is 4.21. The Balaban J connectivity index is 1.91. The van der Waals surface area contributed by atoms with E-state index in [1.807, 2.05) is 0 Å². The molecule has 0 aromatic heterocycles.